The van der Waals surface area contributed by atoms with E-state index < -0.39 is 0 Å². The van der Waals surface area contributed by atoms with Gasteiger partial charge in [-0.15, -0.1) is 0 Å². The molecule has 0 amide bonds. The van der Waals surface area contributed by atoms with Crippen molar-refractivity contribution < 1.29 is 9.47 Å². The monoisotopic (exact) mass is 288 g/mol. The lowest BCUT2D eigenvalue weighted by Gasteiger charge is -2.18. The molecule has 0 saturated heterocycles. The molecule has 1 unspecified atom stereocenters. The number of nitrogens with two attached hydrogens (primary N) is 1. The minimum absolute atomic E-state index is 0.145. The van der Waals surface area contributed by atoms with E-state index in [1.165, 1.54) is 0 Å². The van der Waals surface area contributed by atoms with Gasteiger partial charge in [0.1, 0.15) is 0 Å². The van der Waals surface area contributed by atoms with Crippen LogP contribution in [0.1, 0.15) is 29.4 Å². The average Bonchev–Trinajstić information content (AvgIpc) is 2.68. The van der Waals surface area contributed by atoms with Crippen molar-refractivity contribution in [2.24, 2.45) is 12.9 Å². The Hall–Kier alpha value is -2.05. The van der Waals surface area contributed by atoms with Gasteiger partial charge in [-0.25, -0.2) is 5.43 Å². The van der Waals surface area contributed by atoms with E-state index in [-0.39, 0.29) is 6.04 Å². The summed E-state index contributed by atoms with van der Waals surface area (Å²) >= 11 is 0. The summed E-state index contributed by atoms with van der Waals surface area (Å²) in [5.41, 5.74) is 5.84. The Bertz CT molecular complexity index is 639. The first-order valence-electron chi connectivity index (χ1n) is 7.05. The summed E-state index contributed by atoms with van der Waals surface area (Å²) in [6.45, 7) is 3.32. The molecule has 0 saturated carbocycles. The fraction of sp³-hybridized carbons (Fsp3) is 0.400. The van der Waals surface area contributed by atoms with Gasteiger partial charge in [0, 0.05) is 13.5 Å². The van der Waals surface area contributed by atoms with Crippen LogP contribution in [-0.2, 0) is 7.05 Å². The number of aromatic nitrogens is 2. The molecule has 2 heterocycles. The van der Waals surface area contributed by atoms with E-state index in [9.17, 15) is 0 Å². The van der Waals surface area contributed by atoms with Gasteiger partial charge in [-0.1, -0.05) is 6.07 Å². The molecule has 3 rings (SSSR count). The van der Waals surface area contributed by atoms with Gasteiger partial charge in [0.2, 0.25) is 0 Å². The molecular formula is C15H20N4O2. The van der Waals surface area contributed by atoms with Gasteiger partial charge in [-0.2, -0.15) is 5.10 Å². The van der Waals surface area contributed by atoms with E-state index in [0.717, 1.165) is 34.9 Å². The van der Waals surface area contributed by atoms with E-state index in [2.05, 4.69) is 10.5 Å². The molecule has 0 aliphatic carbocycles. The third kappa shape index (κ3) is 2.72. The van der Waals surface area contributed by atoms with Crippen molar-refractivity contribution in [2.45, 2.75) is 19.4 Å². The molecule has 2 aromatic rings. The standard InChI is InChI=1S/C15H20N4O2/c1-10-8-12(19(2)18-10)15(17-16)11-4-5-13-14(9-11)21-7-3-6-20-13/h4-5,8-9,15,17H,3,6-7,16H2,1-2H3. The summed E-state index contributed by atoms with van der Waals surface area (Å²) in [5.74, 6) is 7.31. The van der Waals surface area contributed by atoms with Crippen molar-refractivity contribution >= 4 is 0 Å². The van der Waals surface area contributed by atoms with Gasteiger partial charge >= 0.3 is 0 Å². The van der Waals surface area contributed by atoms with Crippen LogP contribution in [0.2, 0.25) is 0 Å². The summed E-state index contributed by atoms with van der Waals surface area (Å²) in [6.07, 6.45) is 0.892. The summed E-state index contributed by atoms with van der Waals surface area (Å²) in [6, 6.07) is 7.79. The van der Waals surface area contributed by atoms with Crippen LogP contribution in [0.5, 0.6) is 11.5 Å². The van der Waals surface area contributed by atoms with Gasteiger partial charge in [-0.3, -0.25) is 10.5 Å². The van der Waals surface area contributed by atoms with Gasteiger partial charge in [0.15, 0.2) is 11.5 Å². The van der Waals surface area contributed by atoms with Gasteiger partial charge in [0.05, 0.1) is 30.6 Å². The third-order valence-corrected chi connectivity index (χ3v) is 3.61. The lowest BCUT2D eigenvalue weighted by molar-refractivity contribution is 0.297. The molecule has 0 bridgehead atoms. The third-order valence-electron chi connectivity index (χ3n) is 3.61. The lowest BCUT2D eigenvalue weighted by Crippen LogP contribution is -2.30. The fourth-order valence-corrected chi connectivity index (χ4v) is 2.61. The molecule has 112 valence electrons. The highest BCUT2D eigenvalue weighted by molar-refractivity contribution is 5.45. The number of fused-ring (bicyclic) bond motifs is 1. The predicted molar refractivity (Wildman–Crippen MR) is 79.2 cm³/mol. The Morgan fingerprint density at radius 2 is 2.00 bits per heavy atom. The number of benzene rings is 1. The summed E-state index contributed by atoms with van der Waals surface area (Å²) < 4.78 is 13.2. The zero-order valence-corrected chi connectivity index (χ0v) is 12.3. The van der Waals surface area contributed by atoms with Crippen LogP contribution in [-0.4, -0.2) is 23.0 Å². The Labute approximate surface area is 123 Å². The Morgan fingerprint density at radius 3 is 2.67 bits per heavy atom. The van der Waals surface area contributed by atoms with Crippen molar-refractivity contribution in [3.05, 3.63) is 41.2 Å². The number of nitrogens with one attached hydrogen (secondary N) is 1. The maximum absolute atomic E-state index is 5.76. The largest absolute Gasteiger partial charge is 0.490 e. The van der Waals surface area contributed by atoms with Gasteiger partial charge in [0.25, 0.3) is 0 Å². The van der Waals surface area contributed by atoms with Crippen LogP contribution in [0.3, 0.4) is 0 Å². The molecular weight excluding hydrogens is 268 g/mol. The summed E-state index contributed by atoms with van der Waals surface area (Å²) in [4.78, 5) is 0. The Kier molecular flexibility index (Phi) is 3.81. The minimum atomic E-state index is -0.145. The molecule has 1 aromatic heterocycles. The highest BCUT2D eigenvalue weighted by atomic mass is 16.5. The van der Waals surface area contributed by atoms with E-state index in [1.54, 1.807) is 0 Å². The van der Waals surface area contributed by atoms with Crippen molar-refractivity contribution in [1.82, 2.24) is 15.2 Å². The number of aryl methyl sites for hydroxylation is 2. The first-order valence-corrected chi connectivity index (χ1v) is 7.05. The average molecular weight is 288 g/mol. The fourth-order valence-electron chi connectivity index (χ4n) is 2.61. The number of hydrogen-bond donors (Lipinski definition) is 2. The van der Waals surface area contributed by atoms with Crippen LogP contribution in [0.25, 0.3) is 0 Å². The highest BCUT2D eigenvalue weighted by Crippen LogP contribution is 2.33. The molecule has 0 radical (unpaired) electrons. The summed E-state index contributed by atoms with van der Waals surface area (Å²) in [7, 11) is 1.91. The van der Waals surface area contributed by atoms with Crippen molar-refractivity contribution in [3.8, 4) is 11.5 Å². The molecule has 1 aliphatic heterocycles. The lowest BCUT2D eigenvalue weighted by atomic mass is 10.0. The SMILES string of the molecule is Cc1cc(C(NN)c2ccc3c(c2)OCCCO3)n(C)n1. The van der Waals surface area contributed by atoms with Crippen LogP contribution < -0.4 is 20.7 Å². The van der Waals surface area contributed by atoms with Crippen molar-refractivity contribution in [3.63, 3.8) is 0 Å². The topological polar surface area (TPSA) is 74.3 Å². The second-order valence-electron chi connectivity index (χ2n) is 5.19. The van der Waals surface area contributed by atoms with E-state index in [0.29, 0.717) is 13.2 Å². The van der Waals surface area contributed by atoms with E-state index in [1.807, 2.05) is 42.9 Å². The smallest absolute Gasteiger partial charge is 0.161 e. The first-order chi connectivity index (χ1) is 10.2. The van der Waals surface area contributed by atoms with Crippen LogP contribution in [0.15, 0.2) is 24.3 Å². The molecule has 6 nitrogen and oxygen atoms in total. The molecule has 6 heteroatoms. The second kappa shape index (κ2) is 5.75. The number of rotatable bonds is 3. The first kappa shape index (κ1) is 13.9. The van der Waals surface area contributed by atoms with Crippen LogP contribution >= 0.6 is 0 Å². The Morgan fingerprint density at radius 1 is 1.24 bits per heavy atom. The van der Waals surface area contributed by atoms with Gasteiger partial charge < -0.3 is 9.47 Å². The summed E-state index contributed by atoms with van der Waals surface area (Å²) in [5, 5.41) is 4.37. The normalized spacial score (nSPS) is 15.6. The highest BCUT2D eigenvalue weighted by Gasteiger charge is 2.20. The second-order valence-corrected chi connectivity index (χ2v) is 5.19. The van der Waals surface area contributed by atoms with Crippen LogP contribution in [0.4, 0.5) is 0 Å². The number of ether oxygens (including phenoxy) is 2. The minimum Gasteiger partial charge on any atom is -0.490 e. The molecule has 21 heavy (non-hydrogen) atoms. The maximum Gasteiger partial charge on any atom is 0.161 e. The number of hydrogen-bond acceptors (Lipinski definition) is 5. The molecule has 0 spiro atoms. The zero-order chi connectivity index (χ0) is 14.8. The van der Waals surface area contributed by atoms with Crippen molar-refractivity contribution in [1.29, 1.82) is 0 Å². The maximum atomic E-state index is 5.76. The molecule has 0 fully saturated rings. The predicted octanol–water partition coefficient (Wildman–Crippen LogP) is 1.44. The quantitative estimate of drug-likeness (QED) is 0.660. The van der Waals surface area contributed by atoms with Gasteiger partial charge in [-0.05, 0) is 30.7 Å². The van der Waals surface area contributed by atoms with E-state index >= 15 is 0 Å². The molecule has 1 aliphatic rings. The number of nitrogens with zero attached hydrogens (tertiary/aromatic N) is 2. The van der Waals surface area contributed by atoms with Crippen LogP contribution in [0, 0.1) is 6.92 Å². The number of hydrazine groups is 1. The van der Waals surface area contributed by atoms with Crippen molar-refractivity contribution in [2.75, 3.05) is 13.2 Å². The molecule has 1 atom stereocenters. The van der Waals surface area contributed by atoms with E-state index in [4.69, 9.17) is 15.3 Å². The molecule has 1 aromatic carbocycles. The zero-order valence-electron chi connectivity index (χ0n) is 12.3. The molecule has 3 N–H and O–H groups in total. The Balaban J connectivity index is 1.98.